The summed E-state index contributed by atoms with van der Waals surface area (Å²) in [6, 6.07) is 0. The molecule has 2 fully saturated rings. The number of amides is 1. The summed E-state index contributed by atoms with van der Waals surface area (Å²) < 4.78 is 31.1. The fourth-order valence-corrected chi connectivity index (χ4v) is 3.24. The largest absolute Gasteiger partial charge is 0.377 e. The molecule has 6 nitrogen and oxygen atoms in total. The van der Waals surface area contributed by atoms with Gasteiger partial charge in [-0.2, -0.15) is 0 Å². The average Bonchev–Trinajstić information content (AvgIpc) is 3.05. The second kappa shape index (κ2) is 5.99. The molecule has 0 spiro atoms. The van der Waals surface area contributed by atoms with E-state index < -0.39 is 10.0 Å². The van der Waals surface area contributed by atoms with Crippen LogP contribution in [0.3, 0.4) is 0 Å². The lowest BCUT2D eigenvalue weighted by Gasteiger charge is -2.11. The van der Waals surface area contributed by atoms with Gasteiger partial charge >= 0.3 is 0 Å². The van der Waals surface area contributed by atoms with Crippen LogP contribution >= 0.6 is 0 Å². The van der Waals surface area contributed by atoms with Gasteiger partial charge in [-0.1, -0.05) is 0 Å². The standard InChI is InChI=1S/C11H20N2O4S/c14-11(9-3-4-9)12-5-6-13-18(15,16)8-10-2-1-7-17-10/h9-10,13H,1-8H2,(H,12,14). The molecule has 2 N–H and O–H groups in total. The first-order chi connectivity index (χ1) is 8.57. The Hall–Kier alpha value is -0.660. The summed E-state index contributed by atoms with van der Waals surface area (Å²) in [5.41, 5.74) is 0. The molecule has 1 atom stereocenters. The second-order valence-electron chi connectivity index (χ2n) is 4.88. The molecule has 104 valence electrons. The Bertz CT molecular complexity index is 386. The minimum Gasteiger partial charge on any atom is -0.377 e. The molecule has 1 saturated carbocycles. The third-order valence-electron chi connectivity index (χ3n) is 3.12. The van der Waals surface area contributed by atoms with Crippen molar-refractivity contribution < 1.29 is 17.9 Å². The lowest BCUT2D eigenvalue weighted by atomic mass is 10.3. The topological polar surface area (TPSA) is 84.5 Å². The molecule has 1 unspecified atom stereocenters. The maximum absolute atomic E-state index is 11.7. The molecular weight excluding hydrogens is 256 g/mol. The normalized spacial score (nSPS) is 24.1. The van der Waals surface area contributed by atoms with Crippen molar-refractivity contribution in [2.24, 2.45) is 5.92 Å². The monoisotopic (exact) mass is 276 g/mol. The molecule has 1 aliphatic heterocycles. The van der Waals surface area contributed by atoms with Gasteiger partial charge in [-0.25, -0.2) is 13.1 Å². The van der Waals surface area contributed by atoms with Crippen LogP contribution in [0, 0.1) is 5.92 Å². The molecule has 7 heteroatoms. The van der Waals surface area contributed by atoms with Crippen molar-refractivity contribution in [2.75, 3.05) is 25.4 Å². The van der Waals surface area contributed by atoms with Gasteiger partial charge in [0.15, 0.2) is 0 Å². The minimum atomic E-state index is -3.29. The van der Waals surface area contributed by atoms with Crippen LogP contribution in [0.25, 0.3) is 0 Å². The van der Waals surface area contributed by atoms with Gasteiger partial charge in [0.1, 0.15) is 0 Å². The summed E-state index contributed by atoms with van der Waals surface area (Å²) in [5, 5.41) is 2.71. The molecule has 1 saturated heterocycles. The van der Waals surface area contributed by atoms with E-state index in [1.807, 2.05) is 0 Å². The number of nitrogens with one attached hydrogen (secondary N) is 2. The Morgan fingerprint density at radius 1 is 1.22 bits per heavy atom. The first-order valence-corrected chi connectivity index (χ1v) is 8.09. The van der Waals surface area contributed by atoms with Crippen LogP contribution in [0.2, 0.25) is 0 Å². The molecule has 2 aliphatic rings. The lowest BCUT2D eigenvalue weighted by Crippen LogP contribution is -2.38. The van der Waals surface area contributed by atoms with Gasteiger partial charge in [-0.05, 0) is 25.7 Å². The molecule has 1 aliphatic carbocycles. The van der Waals surface area contributed by atoms with Gasteiger partial charge in [0.25, 0.3) is 0 Å². The van der Waals surface area contributed by atoms with E-state index >= 15 is 0 Å². The van der Waals surface area contributed by atoms with E-state index in [0.717, 1.165) is 25.7 Å². The summed E-state index contributed by atoms with van der Waals surface area (Å²) in [6.07, 6.45) is 3.47. The predicted octanol–water partition coefficient (Wildman–Crippen LogP) is -0.389. The molecule has 18 heavy (non-hydrogen) atoms. The van der Waals surface area contributed by atoms with Crippen molar-refractivity contribution >= 4 is 15.9 Å². The van der Waals surface area contributed by atoms with E-state index in [-0.39, 0.29) is 30.2 Å². The molecule has 1 amide bonds. The highest BCUT2D eigenvalue weighted by Crippen LogP contribution is 2.28. The Labute approximate surface area is 108 Å². The van der Waals surface area contributed by atoms with E-state index in [9.17, 15) is 13.2 Å². The summed E-state index contributed by atoms with van der Waals surface area (Å²) in [4.78, 5) is 11.3. The minimum absolute atomic E-state index is 0.0174. The van der Waals surface area contributed by atoms with Crippen LogP contribution in [-0.4, -0.2) is 45.9 Å². The highest BCUT2D eigenvalue weighted by molar-refractivity contribution is 7.89. The van der Waals surface area contributed by atoms with Crippen molar-refractivity contribution in [1.82, 2.24) is 10.0 Å². The van der Waals surface area contributed by atoms with Crippen LogP contribution in [-0.2, 0) is 19.6 Å². The number of carbonyl (C=O) groups excluding carboxylic acids is 1. The Morgan fingerprint density at radius 3 is 2.61 bits per heavy atom. The lowest BCUT2D eigenvalue weighted by molar-refractivity contribution is -0.122. The van der Waals surface area contributed by atoms with Crippen LogP contribution in [0.5, 0.6) is 0 Å². The molecule has 0 aromatic heterocycles. The van der Waals surface area contributed by atoms with Gasteiger partial charge < -0.3 is 10.1 Å². The summed E-state index contributed by atoms with van der Waals surface area (Å²) in [6.45, 7) is 1.24. The smallest absolute Gasteiger partial charge is 0.223 e. The Balaban J connectivity index is 1.60. The number of hydrogen-bond acceptors (Lipinski definition) is 4. The number of rotatable bonds is 7. The summed E-state index contributed by atoms with van der Waals surface area (Å²) in [7, 11) is -3.29. The van der Waals surface area contributed by atoms with Crippen LogP contribution in [0.4, 0.5) is 0 Å². The third-order valence-corrected chi connectivity index (χ3v) is 4.58. The maximum atomic E-state index is 11.7. The zero-order valence-corrected chi connectivity index (χ0v) is 11.2. The molecule has 0 bridgehead atoms. The van der Waals surface area contributed by atoms with Crippen LogP contribution < -0.4 is 10.0 Å². The first-order valence-electron chi connectivity index (χ1n) is 6.43. The molecule has 2 rings (SSSR count). The quantitative estimate of drug-likeness (QED) is 0.620. The van der Waals surface area contributed by atoms with E-state index in [1.54, 1.807) is 0 Å². The predicted molar refractivity (Wildman–Crippen MR) is 66.5 cm³/mol. The maximum Gasteiger partial charge on any atom is 0.223 e. The van der Waals surface area contributed by atoms with E-state index in [2.05, 4.69) is 10.0 Å². The van der Waals surface area contributed by atoms with Gasteiger partial charge in [-0.3, -0.25) is 4.79 Å². The molecular formula is C11H20N2O4S. The van der Waals surface area contributed by atoms with Crippen molar-refractivity contribution in [3.05, 3.63) is 0 Å². The molecule has 1 heterocycles. The Morgan fingerprint density at radius 2 is 2.00 bits per heavy atom. The molecule has 0 radical (unpaired) electrons. The van der Waals surface area contributed by atoms with Gasteiger partial charge in [0.05, 0.1) is 11.9 Å². The first kappa shape index (κ1) is 13.8. The van der Waals surface area contributed by atoms with E-state index in [4.69, 9.17) is 4.74 Å². The summed E-state index contributed by atoms with van der Waals surface area (Å²) >= 11 is 0. The number of ether oxygens (including phenoxy) is 1. The molecule has 0 aromatic carbocycles. The van der Waals surface area contributed by atoms with Crippen molar-refractivity contribution in [1.29, 1.82) is 0 Å². The Kier molecular flexibility index (Phi) is 4.58. The fourth-order valence-electron chi connectivity index (χ4n) is 1.96. The van der Waals surface area contributed by atoms with E-state index in [0.29, 0.717) is 13.2 Å². The van der Waals surface area contributed by atoms with Gasteiger partial charge in [-0.15, -0.1) is 0 Å². The van der Waals surface area contributed by atoms with Gasteiger partial charge in [0.2, 0.25) is 15.9 Å². The van der Waals surface area contributed by atoms with E-state index in [1.165, 1.54) is 0 Å². The molecule has 0 aromatic rings. The van der Waals surface area contributed by atoms with Crippen molar-refractivity contribution in [2.45, 2.75) is 31.8 Å². The zero-order valence-electron chi connectivity index (χ0n) is 10.4. The zero-order chi connectivity index (χ0) is 13.0. The second-order valence-corrected chi connectivity index (χ2v) is 6.73. The highest BCUT2D eigenvalue weighted by Gasteiger charge is 2.29. The number of carbonyl (C=O) groups is 1. The SMILES string of the molecule is O=C(NCCNS(=O)(=O)CC1CCCO1)C1CC1. The number of hydrogen-bond donors (Lipinski definition) is 2. The number of sulfonamides is 1. The van der Waals surface area contributed by atoms with Crippen molar-refractivity contribution in [3.8, 4) is 0 Å². The summed E-state index contributed by atoms with van der Waals surface area (Å²) in [5.74, 6) is 0.214. The van der Waals surface area contributed by atoms with Crippen LogP contribution in [0.15, 0.2) is 0 Å². The average molecular weight is 276 g/mol. The van der Waals surface area contributed by atoms with Gasteiger partial charge in [0, 0.05) is 25.6 Å². The fraction of sp³-hybridized carbons (Fsp3) is 0.909. The van der Waals surface area contributed by atoms with Crippen molar-refractivity contribution in [3.63, 3.8) is 0 Å². The third kappa shape index (κ3) is 4.55. The van der Waals surface area contributed by atoms with Crippen LogP contribution in [0.1, 0.15) is 25.7 Å². The highest BCUT2D eigenvalue weighted by atomic mass is 32.2.